The van der Waals surface area contributed by atoms with Crippen LogP contribution in [0.5, 0.6) is 11.5 Å². The highest BCUT2D eigenvalue weighted by atomic mass is 35.5. The van der Waals surface area contributed by atoms with E-state index in [0.29, 0.717) is 12.8 Å². The van der Waals surface area contributed by atoms with Crippen LogP contribution >= 0.6 is 12.4 Å². The van der Waals surface area contributed by atoms with Crippen molar-refractivity contribution in [2.24, 2.45) is 5.92 Å². The Morgan fingerprint density at radius 1 is 1.30 bits per heavy atom. The van der Waals surface area contributed by atoms with Crippen LogP contribution in [0, 0.1) is 5.92 Å². The summed E-state index contributed by atoms with van der Waals surface area (Å²) in [5.74, 6) is 2.05. The van der Waals surface area contributed by atoms with Gasteiger partial charge in [-0.2, -0.15) is 0 Å². The molecule has 2 aliphatic heterocycles. The monoisotopic (exact) mass is 340 g/mol. The molecule has 0 saturated carbocycles. The Morgan fingerprint density at radius 2 is 2.04 bits per heavy atom. The zero-order valence-corrected chi connectivity index (χ0v) is 14.5. The Kier molecular flexibility index (Phi) is 6.13. The molecule has 0 atom stereocenters. The molecule has 23 heavy (non-hydrogen) atoms. The molecule has 0 aliphatic carbocycles. The molecule has 2 heterocycles. The maximum atomic E-state index is 12.0. The van der Waals surface area contributed by atoms with Gasteiger partial charge in [0.2, 0.25) is 12.7 Å². The predicted octanol–water partition coefficient (Wildman–Crippen LogP) is 2.57. The molecule has 0 unspecified atom stereocenters. The summed E-state index contributed by atoms with van der Waals surface area (Å²) in [7, 11) is 0. The van der Waals surface area contributed by atoms with Gasteiger partial charge >= 0.3 is 0 Å². The number of piperidine rings is 1. The summed E-state index contributed by atoms with van der Waals surface area (Å²) >= 11 is 0. The van der Waals surface area contributed by atoms with Crippen LogP contribution in [0.15, 0.2) is 18.2 Å². The summed E-state index contributed by atoms with van der Waals surface area (Å²) in [5, 5.41) is 3.58. The second-order valence-electron chi connectivity index (χ2n) is 6.29. The van der Waals surface area contributed by atoms with Gasteiger partial charge < -0.3 is 19.7 Å². The minimum Gasteiger partial charge on any atom is -0.454 e. The van der Waals surface area contributed by atoms with Gasteiger partial charge in [0.25, 0.3) is 0 Å². The van der Waals surface area contributed by atoms with Crippen LogP contribution in [0.25, 0.3) is 0 Å². The van der Waals surface area contributed by atoms with E-state index in [2.05, 4.69) is 11.4 Å². The zero-order valence-electron chi connectivity index (χ0n) is 13.7. The van der Waals surface area contributed by atoms with Gasteiger partial charge in [0.1, 0.15) is 0 Å². The quantitative estimate of drug-likeness (QED) is 0.915. The Morgan fingerprint density at radius 3 is 2.74 bits per heavy atom. The Bertz CT molecular complexity index is 543. The predicted molar refractivity (Wildman–Crippen MR) is 91.1 cm³/mol. The summed E-state index contributed by atoms with van der Waals surface area (Å²) in [6.07, 6.45) is 2.01. The first kappa shape index (κ1) is 17.9. The molecule has 1 aromatic carbocycles. The molecule has 128 valence electrons. The topological polar surface area (TPSA) is 50.8 Å². The maximum Gasteiger partial charge on any atom is 0.231 e. The third kappa shape index (κ3) is 4.09. The number of hydrogen-bond acceptors (Lipinski definition) is 4. The molecule has 0 aromatic heterocycles. The standard InChI is InChI=1S/C17H24N2O3.ClH/c1-12(2)17(20)19-8-6-14(7-9-19)18-10-13-4-3-5-15-16(13)22-11-21-15;/h3-5,12,14,18H,6-11H2,1-2H3;1H. The van der Waals surface area contributed by atoms with E-state index in [1.54, 1.807) is 0 Å². The molecule has 2 aliphatic rings. The zero-order chi connectivity index (χ0) is 15.5. The molecule has 1 aromatic rings. The molecule has 1 amide bonds. The Hall–Kier alpha value is -1.46. The number of halogens is 1. The van der Waals surface area contributed by atoms with Crippen molar-refractivity contribution in [1.29, 1.82) is 0 Å². The molecule has 0 bridgehead atoms. The van der Waals surface area contributed by atoms with Crippen LogP contribution in [-0.4, -0.2) is 36.7 Å². The van der Waals surface area contributed by atoms with Gasteiger partial charge in [-0.25, -0.2) is 0 Å². The fourth-order valence-electron chi connectivity index (χ4n) is 3.05. The normalized spacial score (nSPS) is 17.3. The molecular formula is C17H25ClN2O3. The fraction of sp³-hybridized carbons (Fsp3) is 0.588. The van der Waals surface area contributed by atoms with Crippen molar-refractivity contribution >= 4 is 18.3 Å². The smallest absolute Gasteiger partial charge is 0.231 e. The first-order valence-electron chi connectivity index (χ1n) is 8.05. The van der Waals surface area contributed by atoms with E-state index in [1.165, 1.54) is 0 Å². The summed E-state index contributed by atoms with van der Waals surface area (Å²) in [6, 6.07) is 6.45. The largest absolute Gasteiger partial charge is 0.454 e. The first-order chi connectivity index (χ1) is 10.6. The van der Waals surface area contributed by atoms with Crippen LogP contribution in [0.1, 0.15) is 32.3 Å². The number of carbonyl (C=O) groups excluding carboxylic acids is 1. The number of likely N-dealkylation sites (tertiary alicyclic amines) is 1. The molecule has 3 rings (SSSR count). The summed E-state index contributed by atoms with van der Waals surface area (Å²) < 4.78 is 10.9. The minimum absolute atomic E-state index is 0. The second-order valence-corrected chi connectivity index (χ2v) is 6.29. The summed E-state index contributed by atoms with van der Waals surface area (Å²) in [4.78, 5) is 14.0. The number of rotatable bonds is 4. The lowest BCUT2D eigenvalue weighted by Gasteiger charge is -2.33. The van der Waals surface area contributed by atoms with Crippen LogP contribution in [0.2, 0.25) is 0 Å². The van der Waals surface area contributed by atoms with E-state index in [4.69, 9.17) is 9.47 Å². The van der Waals surface area contributed by atoms with Crippen LogP contribution in [0.4, 0.5) is 0 Å². The molecule has 0 radical (unpaired) electrons. The Balaban J connectivity index is 0.00000192. The number of benzene rings is 1. The fourth-order valence-corrected chi connectivity index (χ4v) is 3.05. The number of nitrogens with one attached hydrogen (secondary N) is 1. The molecule has 1 saturated heterocycles. The van der Waals surface area contributed by atoms with Gasteiger partial charge in [-0.15, -0.1) is 12.4 Å². The molecule has 1 fully saturated rings. The summed E-state index contributed by atoms with van der Waals surface area (Å²) in [5.41, 5.74) is 1.13. The number of amides is 1. The van der Waals surface area contributed by atoms with Crippen LogP contribution in [0.3, 0.4) is 0 Å². The number of hydrogen-bond donors (Lipinski definition) is 1. The number of fused-ring (bicyclic) bond motifs is 1. The van der Waals surface area contributed by atoms with Crippen molar-refractivity contribution in [2.75, 3.05) is 19.9 Å². The molecule has 5 nitrogen and oxygen atoms in total. The third-order valence-corrected chi connectivity index (χ3v) is 4.36. The van der Waals surface area contributed by atoms with Gasteiger partial charge in [-0.05, 0) is 18.9 Å². The molecule has 1 N–H and O–H groups in total. The van der Waals surface area contributed by atoms with Crippen molar-refractivity contribution in [3.05, 3.63) is 23.8 Å². The van der Waals surface area contributed by atoms with Gasteiger partial charge in [0.05, 0.1) is 0 Å². The third-order valence-electron chi connectivity index (χ3n) is 4.36. The van der Waals surface area contributed by atoms with Crippen molar-refractivity contribution in [1.82, 2.24) is 10.2 Å². The van der Waals surface area contributed by atoms with Crippen molar-refractivity contribution in [3.63, 3.8) is 0 Å². The Labute approximate surface area is 143 Å². The SMILES string of the molecule is CC(C)C(=O)N1CCC(NCc2cccc3c2OCO3)CC1.Cl. The van der Waals surface area contributed by atoms with Crippen molar-refractivity contribution < 1.29 is 14.3 Å². The van der Waals surface area contributed by atoms with Crippen LogP contribution < -0.4 is 14.8 Å². The summed E-state index contributed by atoms with van der Waals surface area (Å²) in [6.45, 7) is 6.70. The lowest BCUT2D eigenvalue weighted by molar-refractivity contribution is -0.135. The average molecular weight is 341 g/mol. The van der Waals surface area contributed by atoms with Crippen molar-refractivity contribution in [2.45, 2.75) is 39.3 Å². The number of para-hydroxylation sites is 1. The highest BCUT2D eigenvalue weighted by molar-refractivity contribution is 5.85. The second kappa shape index (κ2) is 7.88. The van der Waals surface area contributed by atoms with E-state index >= 15 is 0 Å². The van der Waals surface area contributed by atoms with E-state index in [-0.39, 0.29) is 24.2 Å². The molecule has 6 heteroatoms. The van der Waals surface area contributed by atoms with Crippen LogP contribution in [-0.2, 0) is 11.3 Å². The lowest BCUT2D eigenvalue weighted by atomic mass is 10.0. The van der Waals surface area contributed by atoms with Gasteiger partial charge in [0.15, 0.2) is 11.5 Å². The number of nitrogens with zero attached hydrogens (tertiary/aromatic N) is 1. The van der Waals surface area contributed by atoms with Gasteiger partial charge in [-0.3, -0.25) is 4.79 Å². The van der Waals surface area contributed by atoms with E-state index < -0.39 is 0 Å². The molecule has 0 spiro atoms. The van der Waals surface area contributed by atoms with E-state index in [1.807, 2.05) is 30.9 Å². The lowest BCUT2D eigenvalue weighted by Crippen LogP contribution is -2.45. The highest BCUT2D eigenvalue weighted by Crippen LogP contribution is 2.35. The van der Waals surface area contributed by atoms with Gasteiger partial charge in [-0.1, -0.05) is 26.0 Å². The first-order valence-corrected chi connectivity index (χ1v) is 8.05. The minimum atomic E-state index is 0. The maximum absolute atomic E-state index is 12.0. The van der Waals surface area contributed by atoms with Crippen molar-refractivity contribution in [3.8, 4) is 11.5 Å². The molecular weight excluding hydrogens is 316 g/mol. The van der Waals surface area contributed by atoms with E-state index in [9.17, 15) is 4.79 Å². The highest BCUT2D eigenvalue weighted by Gasteiger charge is 2.24. The number of ether oxygens (including phenoxy) is 2. The number of carbonyl (C=O) groups is 1. The van der Waals surface area contributed by atoms with Gasteiger partial charge in [0, 0.05) is 37.2 Å². The average Bonchev–Trinajstić information content (AvgIpc) is 3.01. The van der Waals surface area contributed by atoms with E-state index in [0.717, 1.165) is 49.5 Å².